The highest BCUT2D eigenvalue weighted by atomic mass is 16.6. The fourth-order valence-electron chi connectivity index (χ4n) is 1.74. The third-order valence-corrected chi connectivity index (χ3v) is 2.77. The number of nitrogens with two attached hydrogens (primary N) is 2. The molecular formula is C14H14N6O2. The lowest BCUT2D eigenvalue weighted by Crippen LogP contribution is -2.25. The zero-order chi connectivity index (χ0) is 16.3. The second kappa shape index (κ2) is 5.97. The Kier molecular flexibility index (Phi) is 4.08. The summed E-state index contributed by atoms with van der Waals surface area (Å²) < 4.78 is 5.28. The molecule has 0 aliphatic carbocycles. The molecule has 0 fully saturated rings. The molecule has 0 saturated carbocycles. The lowest BCUT2D eigenvalue weighted by molar-refractivity contribution is 0.172. The molecule has 2 rings (SSSR count). The summed E-state index contributed by atoms with van der Waals surface area (Å²) in [6, 6.07) is 8.60. The molecule has 2 aromatic rings. The van der Waals surface area contributed by atoms with Gasteiger partial charge in [0.1, 0.15) is 23.2 Å². The van der Waals surface area contributed by atoms with Crippen molar-refractivity contribution in [3.63, 3.8) is 0 Å². The van der Waals surface area contributed by atoms with Crippen molar-refractivity contribution in [3.05, 3.63) is 29.8 Å². The fraction of sp³-hybridized carbons (Fsp3) is 0.143. The van der Waals surface area contributed by atoms with E-state index in [2.05, 4.69) is 9.97 Å². The molecule has 0 aliphatic rings. The first-order valence-electron chi connectivity index (χ1n) is 6.25. The second-order valence-electron chi connectivity index (χ2n) is 4.56. The number of carbonyl (C=O) groups excluding carboxylic acids is 1. The number of hydrogen-bond donors (Lipinski definition) is 2. The van der Waals surface area contributed by atoms with E-state index in [0.29, 0.717) is 5.56 Å². The maximum absolute atomic E-state index is 11.7. The highest BCUT2D eigenvalue weighted by molar-refractivity contribution is 5.80. The van der Waals surface area contributed by atoms with Crippen LogP contribution in [-0.2, 0) is 0 Å². The summed E-state index contributed by atoms with van der Waals surface area (Å²) in [4.78, 5) is 20.8. The van der Waals surface area contributed by atoms with Gasteiger partial charge in [-0.15, -0.1) is 0 Å². The zero-order valence-corrected chi connectivity index (χ0v) is 12.1. The van der Waals surface area contributed by atoms with E-state index in [-0.39, 0.29) is 28.8 Å². The molecule has 1 aromatic carbocycles. The van der Waals surface area contributed by atoms with Crippen LogP contribution in [0, 0.1) is 11.3 Å². The molecule has 0 unspecified atom stereocenters. The van der Waals surface area contributed by atoms with E-state index in [1.807, 2.05) is 6.07 Å². The van der Waals surface area contributed by atoms with Gasteiger partial charge in [0.2, 0.25) is 5.95 Å². The number of hydrogen-bond acceptors (Lipinski definition) is 7. The number of para-hydroxylation sites is 1. The summed E-state index contributed by atoms with van der Waals surface area (Å²) in [7, 11) is 3.12. The van der Waals surface area contributed by atoms with Crippen LogP contribution in [0.3, 0.4) is 0 Å². The number of rotatable bonds is 2. The summed E-state index contributed by atoms with van der Waals surface area (Å²) in [6.07, 6.45) is -0.555. The van der Waals surface area contributed by atoms with Crippen molar-refractivity contribution in [1.82, 2.24) is 14.9 Å². The minimum Gasteiger partial charge on any atom is -0.409 e. The Balaban J connectivity index is 2.60. The van der Waals surface area contributed by atoms with Gasteiger partial charge in [0.15, 0.2) is 0 Å². The van der Waals surface area contributed by atoms with E-state index in [4.69, 9.17) is 16.2 Å². The van der Waals surface area contributed by atoms with Crippen LogP contribution in [0.4, 0.5) is 16.6 Å². The minimum atomic E-state index is -0.555. The van der Waals surface area contributed by atoms with Crippen LogP contribution in [0.5, 0.6) is 5.75 Å². The summed E-state index contributed by atoms with van der Waals surface area (Å²) in [5, 5.41) is 9.25. The number of carbonyl (C=O) groups is 1. The number of aromatic nitrogens is 2. The zero-order valence-electron chi connectivity index (χ0n) is 12.1. The third kappa shape index (κ3) is 2.88. The van der Waals surface area contributed by atoms with Crippen LogP contribution < -0.4 is 16.2 Å². The summed E-state index contributed by atoms with van der Waals surface area (Å²) in [6.45, 7) is 0. The van der Waals surface area contributed by atoms with Gasteiger partial charge in [0.05, 0.1) is 5.69 Å². The molecule has 0 radical (unpaired) electrons. The van der Waals surface area contributed by atoms with Gasteiger partial charge in [-0.3, -0.25) is 0 Å². The minimum absolute atomic E-state index is 0.0289. The van der Waals surface area contributed by atoms with E-state index in [1.165, 1.54) is 4.90 Å². The molecule has 1 aromatic heterocycles. The molecule has 0 atom stereocenters. The Morgan fingerprint density at radius 2 is 1.95 bits per heavy atom. The first kappa shape index (κ1) is 15.1. The Bertz CT molecular complexity index is 766. The quantitative estimate of drug-likeness (QED) is 0.852. The number of ether oxygens (including phenoxy) is 1. The Morgan fingerprint density at radius 3 is 2.59 bits per heavy atom. The maximum Gasteiger partial charge on any atom is 0.414 e. The average Bonchev–Trinajstić information content (AvgIpc) is 2.47. The molecule has 112 valence electrons. The average molecular weight is 298 g/mol. The molecule has 0 spiro atoms. The van der Waals surface area contributed by atoms with Crippen molar-refractivity contribution in [2.45, 2.75) is 0 Å². The van der Waals surface area contributed by atoms with Gasteiger partial charge < -0.3 is 21.1 Å². The molecular weight excluding hydrogens is 284 g/mol. The highest BCUT2D eigenvalue weighted by Crippen LogP contribution is 2.32. The van der Waals surface area contributed by atoms with Gasteiger partial charge >= 0.3 is 6.09 Å². The van der Waals surface area contributed by atoms with Crippen LogP contribution in [0.15, 0.2) is 24.3 Å². The molecule has 8 nitrogen and oxygen atoms in total. The largest absolute Gasteiger partial charge is 0.414 e. The predicted molar refractivity (Wildman–Crippen MR) is 80.7 cm³/mol. The number of benzene rings is 1. The van der Waals surface area contributed by atoms with E-state index in [0.717, 1.165) is 0 Å². The van der Waals surface area contributed by atoms with Crippen molar-refractivity contribution in [2.75, 3.05) is 25.6 Å². The Hall–Kier alpha value is -3.34. The molecule has 4 N–H and O–H groups in total. The van der Waals surface area contributed by atoms with Crippen LogP contribution in [0.25, 0.3) is 11.3 Å². The van der Waals surface area contributed by atoms with Crippen LogP contribution in [0.2, 0.25) is 0 Å². The summed E-state index contributed by atoms with van der Waals surface area (Å²) in [5.41, 5.74) is 12.0. The van der Waals surface area contributed by atoms with Crippen LogP contribution in [-0.4, -0.2) is 35.1 Å². The first-order valence-corrected chi connectivity index (χ1v) is 6.25. The van der Waals surface area contributed by atoms with Gasteiger partial charge in [-0.05, 0) is 12.1 Å². The summed E-state index contributed by atoms with van der Waals surface area (Å²) in [5.74, 6) is 0.147. The van der Waals surface area contributed by atoms with Gasteiger partial charge in [-0.1, -0.05) is 12.1 Å². The number of anilines is 2. The molecule has 0 aliphatic heterocycles. The van der Waals surface area contributed by atoms with Crippen molar-refractivity contribution in [1.29, 1.82) is 5.26 Å². The van der Waals surface area contributed by atoms with E-state index in [1.54, 1.807) is 38.4 Å². The van der Waals surface area contributed by atoms with E-state index >= 15 is 0 Å². The number of nitriles is 1. The van der Waals surface area contributed by atoms with Crippen LogP contribution >= 0.6 is 0 Å². The topological polar surface area (TPSA) is 131 Å². The standard InChI is InChI=1S/C14H14N6O2/c1-20(2)14(21)22-10-6-4-3-5-8(10)11-9(7-15)12(16)19-13(17)18-11/h3-6H,1-2H3,(H4,16,17,18,19). The summed E-state index contributed by atoms with van der Waals surface area (Å²) >= 11 is 0. The number of nitrogens with zero attached hydrogens (tertiary/aromatic N) is 4. The highest BCUT2D eigenvalue weighted by Gasteiger charge is 2.18. The smallest absolute Gasteiger partial charge is 0.409 e. The van der Waals surface area contributed by atoms with Gasteiger partial charge in [0, 0.05) is 19.7 Å². The third-order valence-electron chi connectivity index (χ3n) is 2.77. The monoisotopic (exact) mass is 298 g/mol. The molecule has 1 heterocycles. The van der Waals surface area contributed by atoms with E-state index < -0.39 is 6.09 Å². The van der Waals surface area contributed by atoms with Crippen LogP contribution in [0.1, 0.15) is 5.56 Å². The van der Waals surface area contributed by atoms with Crippen molar-refractivity contribution in [2.24, 2.45) is 0 Å². The molecule has 0 bridgehead atoms. The maximum atomic E-state index is 11.7. The molecule has 0 saturated heterocycles. The fourth-order valence-corrected chi connectivity index (χ4v) is 1.74. The van der Waals surface area contributed by atoms with Crippen molar-refractivity contribution < 1.29 is 9.53 Å². The Morgan fingerprint density at radius 1 is 1.27 bits per heavy atom. The SMILES string of the molecule is CN(C)C(=O)Oc1ccccc1-c1nc(N)nc(N)c1C#N. The molecule has 1 amide bonds. The lowest BCUT2D eigenvalue weighted by Gasteiger charge is -2.14. The van der Waals surface area contributed by atoms with Crippen molar-refractivity contribution in [3.8, 4) is 23.1 Å². The van der Waals surface area contributed by atoms with Gasteiger partial charge in [-0.2, -0.15) is 10.2 Å². The second-order valence-corrected chi connectivity index (χ2v) is 4.56. The van der Waals surface area contributed by atoms with Crippen molar-refractivity contribution >= 4 is 17.9 Å². The number of amides is 1. The molecule has 8 heteroatoms. The molecule has 22 heavy (non-hydrogen) atoms. The lowest BCUT2D eigenvalue weighted by atomic mass is 10.1. The normalized spacial score (nSPS) is 9.86. The van der Waals surface area contributed by atoms with E-state index in [9.17, 15) is 10.1 Å². The Labute approximate surface area is 126 Å². The predicted octanol–water partition coefficient (Wildman–Crippen LogP) is 1.24. The van der Waals surface area contributed by atoms with Gasteiger partial charge in [-0.25, -0.2) is 9.78 Å². The number of nitrogen functional groups attached to an aromatic ring is 2. The van der Waals surface area contributed by atoms with Gasteiger partial charge in [0.25, 0.3) is 0 Å². The first-order chi connectivity index (χ1) is 10.4.